The number of hydrogen-bond acceptors (Lipinski definition) is 6. The second-order valence-corrected chi connectivity index (χ2v) is 5.92. The molecule has 8 nitrogen and oxygen atoms in total. The Morgan fingerprint density at radius 2 is 1.93 bits per heavy atom. The largest absolute Gasteiger partial charge is 0.457 e. The number of ether oxygens (including phenoxy) is 1. The Hall–Kier alpha value is -3.76. The van der Waals surface area contributed by atoms with E-state index in [1.165, 1.54) is 36.0 Å². The fraction of sp³-hybridized carbons (Fsp3) is 0.167. The molecule has 1 aromatic carbocycles. The van der Waals surface area contributed by atoms with Crippen molar-refractivity contribution in [3.8, 4) is 5.82 Å². The highest BCUT2D eigenvalue weighted by Crippen LogP contribution is 2.29. The Morgan fingerprint density at radius 3 is 2.55 bits per heavy atom. The number of pyridine rings is 1. The van der Waals surface area contributed by atoms with Crippen LogP contribution in [0.25, 0.3) is 5.82 Å². The molecule has 0 unspecified atom stereocenters. The van der Waals surface area contributed by atoms with Crippen molar-refractivity contribution < 1.29 is 27.6 Å². The van der Waals surface area contributed by atoms with Gasteiger partial charge in [-0.15, -0.1) is 0 Å². The van der Waals surface area contributed by atoms with Gasteiger partial charge in [0, 0.05) is 12.3 Å². The van der Waals surface area contributed by atoms with Gasteiger partial charge in [0.1, 0.15) is 12.2 Å². The van der Waals surface area contributed by atoms with Crippen LogP contribution >= 0.6 is 0 Å². The monoisotopic (exact) mass is 406 g/mol. The van der Waals surface area contributed by atoms with Crippen molar-refractivity contribution in [1.29, 1.82) is 0 Å². The minimum Gasteiger partial charge on any atom is -0.457 e. The van der Waals surface area contributed by atoms with Gasteiger partial charge < -0.3 is 4.74 Å². The lowest BCUT2D eigenvalue weighted by molar-refractivity contribution is -0.385. The quantitative estimate of drug-likeness (QED) is 0.362. The van der Waals surface area contributed by atoms with E-state index in [2.05, 4.69) is 10.1 Å². The molecular weight excluding hydrogens is 393 g/mol. The van der Waals surface area contributed by atoms with Crippen LogP contribution in [-0.4, -0.2) is 25.7 Å². The SMILES string of the molecule is Cc1c(C(=O)OCc2ccccc2[N+](=O)[O-])cnn1-c1ccc(C(F)(F)F)cn1. The van der Waals surface area contributed by atoms with Gasteiger partial charge in [-0.3, -0.25) is 10.1 Å². The predicted octanol–water partition coefficient (Wildman–Crippen LogP) is 3.86. The molecule has 0 amide bonds. The molecule has 0 saturated heterocycles. The van der Waals surface area contributed by atoms with E-state index in [1.54, 1.807) is 6.07 Å². The van der Waals surface area contributed by atoms with Crippen LogP contribution in [0.3, 0.4) is 0 Å². The number of hydrogen-bond donors (Lipinski definition) is 0. The molecule has 0 bridgehead atoms. The van der Waals surface area contributed by atoms with Crippen molar-refractivity contribution in [3.05, 3.63) is 81.3 Å². The molecule has 0 saturated carbocycles. The molecule has 2 aromatic heterocycles. The van der Waals surface area contributed by atoms with Gasteiger partial charge in [-0.2, -0.15) is 18.3 Å². The Kier molecular flexibility index (Phi) is 5.31. The lowest BCUT2D eigenvalue weighted by Crippen LogP contribution is -2.10. The number of para-hydroxylation sites is 1. The zero-order valence-corrected chi connectivity index (χ0v) is 14.9. The molecule has 0 aliphatic heterocycles. The normalized spacial score (nSPS) is 11.3. The molecule has 0 N–H and O–H groups in total. The number of carbonyl (C=O) groups excluding carboxylic acids is 1. The van der Waals surface area contributed by atoms with Gasteiger partial charge in [-0.1, -0.05) is 12.1 Å². The summed E-state index contributed by atoms with van der Waals surface area (Å²) in [6.45, 7) is 1.20. The molecule has 0 aliphatic carbocycles. The zero-order chi connectivity index (χ0) is 21.2. The highest BCUT2D eigenvalue weighted by atomic mass is 19.4. The second-order valence-electron chi connectivity index (χ2n) is 5.92. The molecule has 0 atom stereocenters. The zero-order valence-electron chi connectivity index (χ0n) is 14.9. The number of carbonyl (C=O) groups is 1. The average molecular weight is 406 g/mol. The van der Waals surface area contributed by atoms with Crippen molar-refractivity contribution >= 4 is 11.7 Å². The number of esters is 1. The third kappa shape index (κ3) is 4.23. The highest BCUT2D eigenvalue weighted by molar-refractivity contribution is 5.90. The fourth-order valence-corrected chi connectivity index (χ4v) is 2.55. The van der Waals surface area contributed by atoms with E-state index < -0.39 is 22.6 Å². The van der Waals surface area contributed by atoms with Crippen LogP contribution in [0.2, 0.25) is 0 Å². The molecule has 3 rings (SSSR count). The molecule has 0 aliphatic rings. The molecule has 0 radical (unpaired) electrons. The molecule has 29 heavy (non-hydrogen) atoms. The van der Waals surface area contributed by atoms with Crippen LogP contribution < -0.4 is 0 Å². The van der Waals surface area contributed by atoms with Crippen LogP contribution in [0.5, 0.6) is 0 Å². The summed E-state index contributed by atoms with van der Waals surface area (Å²) >= 11 is 0. The predicted molar refractivity (Wildman–Crippen MR) is 93.3 cm³/mol. The summed E-state index contributed by atoms with van der Waals surface area (Å²) in [4.78, 5) is 26.5. The van der Waals surface area contributed by atoms with E-state index in [0.717, 1.165) is 12.1 Å². The van der Waals surface area contributed by atoms with Crippen molar-refractivity contribution in [1.82, 2.24) is 14.8 Å². The molecule has 2 heterocycles. The van der Waals surface area contributed by atoms with Gasteiger partial charge >= 0.3 is 12.1 Å². The number of benzene rings is 1. The summed E-state index contributed by atoms with van der Waals surface area (Å²) < 4.78 is 44.3. The first-order chi connectivity index (χ1) is 13.7. The third-order valence-corrected chi connectivity index (χ3v) is 4.07. The first kappa shape index (κ1) is 20.0. The van der Waals surface area contributed by atoms with E-state index in [0.29, 0.717) is 11.9 Å². The maximum atomic E-state index is 12.6. The van der Waals surface area contributed by atoms with E-state index >= 15 is 0 Å². The molecule has 0 fully saturated rings. The van der Waals surface area contributed by atoms with Crippen molar-refractivity contribution in [2.24, 2.45) is 0 Å². The van der Waals surface area contributed by atoms with Crippen molar-refractivity contribution in [2.75, 3.05) is 0 Å². The van der Waals surface area contributed by atoms with Crippen LogP contribution in [-0.2, 0) is 17.5 Å². The Balaban J connectivity index is 1.77. The lowest BCUT2D eigenvalue weighted by atomic mass is 10.2. The molecule has 150 valence electrons. The van der Waals surface area contributed by atoms with E-state index in [9.17, 15) is 28.1 Å². The molecule has 3 aromatic rings. The second kappa shape index (κ2) is 7.70. The summed E-state index contributed by atoms with van der Waals surface area (Å²) in [5, 5.41) is 15.0. The topological polar surface area (TPSA) is 100 Å². The first-order valence-corrected chi connectivity index (χ1v) is 8.16. The van der Waals surface area contributed by atoms with E-state index in [1.807, 2.05) is 0 Å². The van der Waals surface area contributed by atoms with Crippen LogP contribution in [0, 0.1) is 17.0 Å². The van der Waals surface area contributed by atoms with E-state index in [4.69, 9.17) is 4.74 Å². The number of nitro benzene ring substituents is 1. The minimum atomic E-state index is -4.51. The Labute approximate surface area is 161 Å². The number of nitrogens with zero attached hydrogens (tertiary/aromatic N) is 4. The number of nitro groups is 1. The number of halogens is 3. The van der Waals surface area contributed by atoms with Gasteiger partial charge in [0.25, 0.3) is 5.69 Å². The highest BCUT2D eigenvalue weighted by Gasteiger charge is 2.31. The minimum absolute atomic E-state index is 0.0604. The third-order valence-electron chi connectivity index (χ3n) is 4.07. The number of alkyl halides is 3. The van der Waals surface area contributed by atoms with Gasteiger partial charge in [0.05, 0.1) is 27.9 Å². The Bertz CT molecular complexity index is 1060. The lowest BCUT2D eigenvalue weighted by Gasteiger charge is -2.08. The number of rotatable bonds is 5. The van der Waals surface area contributed by atoms with Gasteiger partial charge in [0.2, 0.25) is 0 Å². The summed E-state index contributed by atoms with van der Waals surface area (Å²) in [5.74, 6) is -0.688. The van der Waals surface area contributed by atoms with Crippen LogP contribution in [0.15, 0.2) is 48.8 Å². The van der Waals surface area contributed by atoms with Crippen molar-refractivity contribution in [3.63, 3.8) is 0 Å². The first-order valence-electron chi connectivity index (χ1n) is 8.16. The van der Waals surface area contributed by atoms with Gasteiger partial charge in [-0.05, 0) is 25.1 Å². The van der Waals surface area contributed by atoms with Gasteiger partial charge in [0.15, 0.2) is 5.82 Å². The standard InChI is InChI=1S/C18H13F3N4O4/c1-11-14(17(26)29-10-12-4-2-3-5-15(12)25(27)28)9-23-24(11)16-7-6-13(8-22-16)18(19,20)21/h2-9H,10H2,1H3. The molecular formula is C18H13F3N4O4. The van der Waals surface area contributed by atoms with Crippen LogP contribution in [0.4, 0.5) is 18.9 Å². The fourth-order valence-electron chi connectivity index (χ4n) is 2.55. The average Bonchev–Trinajstić information content (AvgIpc) is 3.07. The van der Waals surface area contributed by atoms with Gasteiger partial charge in [-0.25, -0.2) is 14.5 Å². The summed E-state index contributed by atoms with van der Waals surface area (Å²) in [5.41, 5.74) is -0.507. The maximum Gasteiger partial charge on any atom is 0.417 e. The number of aromatic nitrogens is 3. The van der Waals surface area contributed by atoms with Crippen molar-refractivity contribution in [2.45, 2.75) is 19.7 Å². The molecule has 0 spiro atoms. The smallest absolute Gasteiger partial charge is 0.417 e. The van der Waals surface area contributed by atoms with Crippen LogP contribution in [0.1, 0.15) is 27.2 Å². The Morgan fingerprint density at radius 1 is 1.21 bits per heavy atom. The molecule has 11 heteroatoms. The maximum absolute atomic E-state index is 12.6. The summed E-state index contributed by atoms with van der Waals surface area (Å²) in [7, 11) is 0. The summed E-state index contributed by atoms with van der Waals surface area (Å²) in [6.07, 6.45) is -2.65. The van der Waals surface area contributed by atoms with E-state index in [-0.39, 0.29) is 29.2 Å². The summed E-state index contributed by atoms with van der Waals surface area (Å²) in [6, 6.07) is 7.82.